The number of sulfonamides is 1. The summed E-state index contributed by atoms with van der Waals surface area (Å²) in [6.07, 6.45) is 0.761. The minimum Gasteiger partial charge on any atom is -0.506 e. The quantitative estimate of drug-likeness (QED) is 0.892. The van der Waals surface area contributed by atoms with Crippen LogP contribution in [0, 0.1) is 0 Å². The predicted octanol–water partition coefficient (Wildman–Crippen LogP) is 2.55. The average Bonchev–Trinajstić information content (AvgIpc) is 2.63. The minimum atomic E-state index is -3.75. The van der Waals surface area contributed by atoms with Crippen LogP contribution in [0.5, 0.6) is 5.75 Å². The number of aromatic hydroxyl groups is 1. The maximum Gasteiger partial charge on any atom is 0.243 e. The third kappa shape index (κ3) is 3.32. The molecule has 1 aliphatic rings. The first-order chi connectivity index (χ1) is 12.3. The molecule has 0 bridgehead atoms. The third-order valence-electron chi connectivity index (χ3n) is 4.74. The molecule has 1 N–H and O–H groups in total. The Balaban J connectivity index is 1.84. The van der Waals surface area contributed by atoms with Gasteiger partial charge < -0.3 is 10.0 Å². The van der Waals surface area contributed by atoms with Crippen LogP contribution < -0.4 is 4.90 Å². The maximum atomic E-state index is 12.8. The number of anilines is 1. The zero-order chi connectivity index (χ0) is 18.9. The lowest BCUT2D eigenvalue weighted by atomic mass is 9.91. The van der Waals surface area contributed by atoms with Crippen LogP contribution in [0.2, 0.25) is 0 Å². The van der Waals surface area contributed by atoms with Crippen molar-refractivity contribution >= 4 is 21.6 Å². The van der Waals surface area contributed by atoms with Gasteiger partial charge in [0.2, 0.25) is 15.9 Å². The van der Waals surface area contributed by atoms with Gasteiger partial charge in [0.05, 0.1) is 17.1 Å². The van der Waals surface area contributed by atoms with Crippen molar-refractivity contribution in [1.82, 2.24) is 4.31 Å². The fourth-order valence-electron chi connectivity index (χ4n) is 3.21. The van der Waals surface area contributed by atoms with Gasteiger partial charge in [0.1, 0.15) is 5.75 Å². The summed E-state index contributed by atoms with van der Waals surface area (Å²) in [6.45, 7) is 2.20. The van der Waals surface area contributed by atoms with Crippen molar-refractivity contribution in [2.75, 3.05) is 25.0 Å². The number of nitrogens with zero attached hydrogens (tertiary/aromatic N) is 2. The number of carbonyl (C=O) groups excluding carboxylic acids is 1. The molecule has 6 nitrogen and oxygen atoms in total. The van der Waals surface area contributed by atoms with E-state index in [0.29, 0.717) is 12.2 Å². The molecular formula is C19H22N2O4S. The number of para-hydroxylation sites is 1. The van der Waals surface area contributed by atoms with E-state index in [4.69, 9.17) is 0 Å². The highest BCUT2D eigenvalue weighted by molar-refractivity contribution is 7.89. The Hall–Kier alpha value is -2.38. The van der Waals surface area contributed by atoms with E-state index in [9.17, 15) is 18.3 Å². The topological polar surface area (TPSA) is 77.9 Å². The van der Waals surface area contributed by atoms with Crippen LogP contribution in [-0.2, 0) is 14.8 Å². The van der Waals surface area contributed by atoms with E-state index in [1.54, 1.807) is 30.3 Å². The number of rotatable bonds is 4. The van der Waals surface area contributed by atoms with Crippen molar-refractivity contribution in [3.63, 3.8) is 0 Å². The lowest BCUT2D eigenvalue weighted by Crippen LogP contribution is -2.43. The SMILES string of the molecule is CC1CCN(C(=O)CN(C)S(=O)(=O)c2ccccc2)c2c(O)cccc21. The van der Waals surface area contributed by atoms with Gasteiger partial charge in [-0.3, -0.25) is 4.79 Å². The van der Waals surface area contributed by atoms with Crippen LogP contribution in [-0.4, -0.2) is 43.9 Å². The lowest BCUT2D eigenvalue weighted by molar-refractivity contribution is -0.118. The number of hydrogen-bond acceptors (Lipinski definition) is 4. The van der Waals surface area contributed by atoms with Crippen molar-refractivity contribution in [1.29, 1.82) is 0 Å². The van der Waals surface area contributed by atoms with Gasteiger partial charge >= 0.3 is 0 Å². The molecule has 0 saturated heterocycles. The Morgan fingerprint density at radius 3 is 2.58 bits per heavy atom. The molecule has 0 radical (unpaired) electrons. The zero-order valence-corrected chi connectivity index (χ0v) is 15.6. The Labute approximate surface area is 153 Å². The lowest BCUT2D eigenvalue weighted by Gasteiger charge is -2.34. The molecule has 0 spiro atoms. The molecule has 2 aromatic rings. The molecule has 0 fully saturated rings. The fraction of sp³-hybridized carbons (Fsp3) is 0.316. The second-order valence-corrected chi connectivity index (χ2v) is 8.57. The summed E-state index contributed by atoms with van der Waals surface area (Å²) in [5, 5.41) is 10.2. The predicted molar refractivity (Wildman–Crippen MR) is 99.7 cm³/mol. The molecule has 1 heterocycles. The van der Waals surface area contributed by atoms with Crippen molar-refractivity contribution in [3.05, 3.63) is 54.1 Å². The molecule has 1 unspecified atom stereocenters. The molecule has 2 aromatic carbocycles. The van der Waals surface area contributed by atoms with Crippen molar-refractivity contribution < 1.29 is 18.3 Å². The number of benzene rings is 2. The van der Waals surface area contributed by atoms with E-state index in [0.717, 1.165) is 16.3 Å². The summed E-state index contributed by atoms with van der Waals surface area (Å²) in [4.78, 5) is 14.4. The number of likely N-dealkylation sites (N-methyl/N-ethyl adjacent to an activating group) is 1. The van der Waals surface area contributed by atoms with Gasteiger partial charge in [0, 0.05) is 13.6 Å². The summed E-state index contributed by atoms with van der Waals surface area (Å²) in [5.41, 5.74) is 1.39. The molecule has 138 valence electrons. The second kappa shape index (κ2) is 7.09. The van der Waals surface area contributed by atoms with E-state index in [-0.39, 0.29) is 29.0 Å². The fourth-order valence-corrected chi connectivity index (χ4v) is 4.35. The van der Waals surface area contributed by atoms with Gasteiger partial charge in [-0.2, -0.15) is 4.31 Å². The van der Waals surface area contributed by atoms with Crippen LogP contribution in [0.15, 0.2) is 53.4 Å². The van der Waals surface area contributed by atoms with Crippen LogP contribution in [0.4, 0.5) is 5.69 Å². The first-order valence-electron chi connectivity index (χ1n) is 8.46. The van der Waals surface area contributed by atoms with E-state index in [2.05, 4.69) is 0 Å². The average molecular weight is 374 g/mol. The van der Waals surface area contributed by atoms with Gasteiger partial charge in [-0.1, -0.05) is 37.3 Å². The first kappa shape index (κ1) is 18.4. The highest BCUT2D eigenvalue weighted by Crippen LogP contribution is 2.40. The van der Waals surface area contributed by atoms with E-state index in [1.807, 2.05) is 13.0 Å². The Morgan fingerprint density at radius 1 is 1.19 bits per heavy atom. The van der Waals surface area contributed by atoms with Gasteiger partial charge in [-0.15, -0.1) is 0 Å². The Bertz CT molecular complexity index is 912. The standard InChI is InChI=1S/C19H22N2O4S/c1-14-11-12-21(19-16(14)9-6-10-17(19)22)18(23)13-20(2)26(24,25)15-7-4-3-5-8-15/h3-10,14,22H,11-13H2,1-2H3. The normalized spacial score (nSPS) is 17.2. The molecule has 0 saturated carbocycles. The zero-order valence-electron chi connectivity index (χ0n) is 14.8. The van der Waals surface area contributed by atoms with Crippen LogP contribution in [0.3, 0.4) is 0 Å². The number of amides is 1. The van der Waals surface area contributed by atoms with Crippen molar-refractivity contribution in [3.8, 4) is 5.75 Å². The first-order valence-corrected chi connectivity index (χ1v) is 9.90. The summed E-state index contributed by atoms with van der Waals surface area (Å²) in [6, 6.07) is 13.2. The van der Waals surface area contributed by atoms with Gasteiger partial charge in [-0.05, 0) is 36.1 Å². The summed E-state index contributed by atoms with van der Waals surface area (Å²) < 4.78 is 26.3. The van der Waals surface area contributed by atoms with Crippen LogP contribution >= 0.6 is 0 Å². The largest absolute Gasteiger partial charge is 0.506 e. The molecule has 3 rings (SSSR count). The summed E-state index contributed by atoms with van der Waals surface area (Å²) in [5.74, 6) is -0.0930. The number of fused-ring (bicyclic) bond motifs is 1. The summed E-state index contributed by atoms with van der Waals surface area (Å²) >= 11 is 0. The molecular weight excluding hydrogens is 352 g/mol. The molecule has 26 heavy (non-hydrogen) atoms. The Morgan fingerprint density at radius 2 is 1.88 bits per heavy atom. The van der Waals surface area contributed by atoms with Gasteiger partial charge in [0.15, 0.2) is 0 Å². The van der Waals surface area contributed by atoms with E-state index < -0.39 is 10.0 Å². The maximum absolute atomic E-state index is 12.8. The van der Waals surface area contributed by atoms with Crippen LogP contribution in [0.1, 0.15) is 24.8 Å². The number of hydrogen-bond donors (Lipinski definition) is 1. The molecule has 7 heteroatoms. The second-order valence-electron chi connectivity index (χ2n) is 6.52. The Kier molecular flexibility index (Phi) is 5.02. The molecule has 1 amide bonds. The van der Waals surface area contributed by atoms with Crippen molar-refractivity contribution in [2.24, 2.45) is 0 Å². The number of carbonyl (C=O) groups is 1. The van der Waals surface area contributed by atoms with E-state index >= 15 is 0 Å². The molecule has 0 aliphatic carbocycles. The molecule has 1 atom stereocenters. The van der Waals surface area contributed by atoms with Crippen molar-refractivity contribution in [2.45, 2.75) is 24.2 Å². The highest BCUT2D eigenvalue weighted by atomic mass is 32.2. The third-order valence-corrected chi connectivity index (χ3v) is 6.56. The van der Waals surface area contributed by atoms with Gasteiger partial charge in [-0.25, -0.2) is 8.42 Å². The summed E-state index contributed by atoms with van der Waals surface area (Å²) in [7, 11) is -2.36. The number of phenols is 1. The van der Waals surface area contributed by atoms with E-state index in [1.165, 1.54) is 24.1 Å². The highest BCUT2D eigenvalue weighted by Gasteiger charge is 2.31. The monoisotopic (exact) mass is 374 g/mol. The van der Waals surface area contributed by atoms with Crippen LogP contribution in [0.25, 0.3) is 0 Å². The number of phenolic OH excluding ortho intramolecular Hbond substituents is 1. The molecule has 0 aromatic heterocycles. The minimum absolute atomic E-state index is 0.0379. The smallest absolute Gasteiger partial charge is 0.243 e. The van der Waals surface area contributed by atoms with Gasteiger partial charge in [0.25, 0.3) is 0 Å². The molecule has 1 aliphatic heterocycles.